The number of hydrogen-bond acceptors (Lipinski definition) is 23. The molecule has 9 heterocycles. The van der Waals surface area contributed by atoms with Crippen molar-refractivity contribution in [3.05, 3.63) is 247 Å². The van der Waals surface area contributed by atoms with E-state index >= 15 is 0 Å². The number of rotatable bonds is 18. The van der Waals surface area contributed by atoms with E-state index in [1.165, 1.54) is 81.9 Å². The number of carbonyl (C=O) groups is 3. The van der Waals surface area contributed by atoms with Crippen molar-refractivity contribution in [2.45, 2.75) is 71.1 Å². The van der Waals surface area contributed by atoms with E-state index in [-0.39, 0.29) is 97.4 Å². The quantitative estimate of drug-likeness (QED) is 0.0393. The van der Waals surface area contributed by atoms with Crippen molar-refractivity contribution in [2.24, 2.45) is 19.8 Å². The topological polar surface area (TPSA) is 364 Å². The van der Waals surface area contributed by atoms with Gasteiger partial charge in [-0.05, 0) is 161 Å². The van der Waals surface area contributed by atoms with Gasteiger partial charge in [-0.25, -0.2) is 62.8 Å². The first kappa shape index (κ1) is 82.8. The highest BCUT2D eigenvalue weighted by molar-refractivity contribution is 6.62. The molecule has 566 valence electrons. The summed E-state index contributed by atoms with van der Waals surface area (Å²) in [5, 5.41) is 8.73. The molecule has 8 aromatic heterocycles. The number of ketones is 2. The van der Waals surface area contributed by atoms with Crippen molar-refractivity contribution in [3.63, 3.8) is 0 Å². The minimum absolute atomic E-state index is 0.0104. The number of nitrogens with zero attached hydrogens (tertiary/aromatic N) is 14. The van der Waals surface area contributed by atoms with E-state index < -0.39 is 30.4 Å². The van der Waals surface area contributed by atoms with Gasteiger partial charge in [0.15, 0.2) is 45.0 Å². The maximum absolute atomic E-state index is 13.5. The first-order valence-corrected chi connectivity index (χ1v) is 34.5. The van der Waals surface area contributed by atoms with Crippen molar-refractivity contribution in [3.8, 4) is 45.0 Å². The zero-order valence-corrected chi connectivity index (χ0v) is 63.5. The summed E-state index contributed by atoms with van der Waals surface area (Å²) < 4.78 is 54.1. The Hall–Kier alpha value is -11.8. The molecule has 0 amide bonds. The smallest absolute Gasteiger partial charge is 0.476 e. The third kappa shape index (κ3) is 21.9. The number of aromatic nitrogens is 11. The molecule has 11 aromatic rings. The van der Waals surface area contributed by atoms with Gasteiger partial charge in [-0.2, -0.15) is 0 Å². The molecule has 0 aliphatic carbocycles. The molecule has 9 N–H and O–H groups in total. The predicted molar refractivity (Wildman–Crippen MR) is 419 cm³/mol. The molecular weight excluding hydrogens is 1440 g/mol. The fourth-order valence-electron chi connectivity index (χ4n) is 10.2. The van der Waals surface area contributed by atoms with Crippen LogP contribution in [0.2, 0.25) is 10.3 Å². The Morgan fingerprint density at radius 3 is 1.19 bits per heavy atom. The Labute approximate surface area is 637 Å². The molecule has 3 aromatic carbocycles. The molecule has 109 heavy (non-hydrogen) atoms. The van der Waals surface area contributed by atoms with Gasteiger partial charge in [0, 0.05) is 134 Å². The van der Waals surface area contributed by atoms with Crippen LogP contribution in [-0.2, 0) is 42.8 Å². The molecule has 0 saturated carbocycles. The van der Waals surface area contributed by atoms with E-state index in [2.05, 4.69) is 44.9 Å². The zero-order chi connectivity index (χ0) is 79.8. The number of carboxylic acid groups (broad SMARTS) is 1. The highest BCUT2D eigenvalue weighted by atomic mass is 35.5. The first-order chi connectivity index (χ1) is 51.5. The van der Waals surface area contributed by atoms with E-state index in [0.717, 1.165) is 40.0 Å². The van der Waals surface area contributed by atoms with Crippen LogP contribution in [0.1, 0.15) is 89.1 Å². The van der Waals surface area contributed by atoms with Gasteiger partial charge >= 0.3 is 13.1 Å². The van der Waals surface area contributed by atoms with Crippen LogP contribution in [0, 0.1) is 17.5 Å². The summed E-state index contributed by atoms with van der Waals surface area (Å²) in [6.07, 6.45) is 4.54. The predicted octanol–water partition coefficient (Wildman–Crippen LogP) is 10.8. The first-order valence-electron chi connectivity index (χ1n) is 33.7. The molecule has 0 atom stereocenters. The zero-order valence-electron chi connectivity index (χ0n) is 62.0. The molecular formula is C77H82BCl2F3N18O8. The Balaban J connectivity index is 0.000000181. The maximum atomic E-state index is 13.5. The summed E-state index contributed by atoms with van der Waals surface area (Å²) >= 11 is 12.0. The van der Waals surface area contributed by atoms with Crippen LogP contribution in [0.3, 0.4) is 0 Å². The number of pyridine rings is 5. The SMILES string of the molecule is CN(C)c1cccc(CCC(=O)c2nc(-c3ccc(=O)n(C)c3)c(-c3ccc(F)cc3)nc2N)n1.CN(C)c1cccc(CCC(=O)c2nc(Cl)c(-c3ccc(F)cc3)nc2N)n1.CN(C)c1cccc(CN)n1.Cn1cc(B2OC(C)(C)C(C)(C)O2)ccc1=O.Nc1nc(-c2ccc(F)cc2)c(Cl)nc1C(=O)O. The maximum Gasteiger partial charge on any atom is 0.496 e. The average Bonchev–Trinajstić information content (AvgIpc) is 1.75. The minimum Gasteiger partial charge on any atom is -0.476 e. The fourth-order valence-corrected chi connectivity index (χ4v) is 10.7. The lowest BCUT2D eigenvalue weighted by Crippen LogP contribution is -2.41. The van der Waals surface area contributed by atoms with Gasteiger partial charge in [0.1, 0.15) is 57.7 Å². The van der Waals surface area contributed by atoms with Gasteiger partial charge in [0.25, 0.3) is 0 Å². The number of aryl methyl sites for hydroxylation is 4. The third-order valence-electron chi connectivity index (χ3n) is 16.9. The number of halogens is 5. The summed E-state index contributed by atoms with van der Waals surface area (Å²) in [4.78, 5) is 104. The summed E-state index contributed by atoms with van der Waals surface area (Å²) in [6.45, 7) is 8.54. The molecule has 0 radical (unpaired) electrons. The van der Waals surface area contributed by atoms with Gasteiger partial charge < -0.3 is 61.2 Å². The second-order valence-electron chi connectivity index (χ2n) is 26.2. The number of hydrogen-bond donors (Lipinski definition) is 5. The van der Waals surface area contributed by atoms with Crippen molar-refractivity contribution in [1.29, 1.82) is 0 Å². The molecule has 12 rings (SSSR count). The highest BCUT2D eigenvalue weighted by Crippen LogP contribution is 2.37. The monoisotopic (exact) mass is 1520 g/mol. The molecule has 26 nitrogen and oxygen atoms in total. The van der Waals surface area contributed by atoms with Crippen LogP contribution in [0.15, 0.2) is 174 Å². The highest BCUT2D eigenvalue weighted by Gasteiger charge is 2.52. The second kappa shape index (κ2) is 36.7. The number of nitrogens with two attached hydrogens (primary N) is 4. The number of Topliss-reactive ketones (excluding diaryl/α,β-unsaturated/α-hetero) is 2. The second-order valence-corrected chi connectivity index (χ2v) is 27.0. The number of carbonyl (C=O) groups excluding carboxylic acids is 2. The van der Waals surface area contributed by atoms with Crippen molar-refractivity contribution in [2.75, 3.05) is 74.2 Å². The van der Waals surface area contributed by atoms with E-state index in [1.807, 2.05) is 139 Å². The summed E-state index contributed by atoms with van der Waals surface area (Å²) in [5.41, 5.74) is 28.6. The van der Waals surface area contributed by atoms with Crippen LogP contribution < -0.4 is 54.2 Å². The Kier molecular flexibility index (Phi) is 27.8. The van der Waals surface area contributed by atoms with Gasteiger partial charge in [-0.15, -0.1) is 0 Å². The van der Waals surface area contributed by atoms with Gasteiger partial charge in [0.05, 0.1) is 28.3 Å². The number of carboxylic acids is 1. The van der Waals surface area contributed by atoms with E-state index in [9.17, 15) is 37.1 Å². The summed E-state index contributed by atoms with van der Waals surface area (Å²) in [7, 11) is 14.5. The summed E-state index contributed by atoms with van der Waals surface area (Å²) in [6, 6.07) is 40.2. The largest absolute Gasteiger partial charge is 0.496 e. The molecule has 0 unspecified atom stereocenters. The Morgan fingerprint density at radius 2 is 0.798 bits per heavy atom. The van der Waals surface area contributed by atoms with Gasteiger partial charge in [-0.3, -0.25) is 19.2 Å². The molecule has 32 heteroatoms. The van der Waals surface area contributed by atoms with Crippen molar-refractivity contribution in [1.82, 2.24) is 54.0 Å². The van der Waals surface area contributed by atoms with Crippen LogP contribution in [0.5, 0.6) is 0 Å². The Morgan fingerprint density at radius 1 is 0.459 bits per heavy atom. The minimum atomic E-state index is -1.31. The van der Waals surface area contributed by atoms with Gasteiger partial charge in [0.2, 0.25) is 11.1 Å². The third-order valence-corrected chi connectivity index (χ3v) is 17.5. The molecule has 0 spiro atoms. The van der Waals surface area contributed by atoms with Crippen LogP contribution in [0.25, 0.3) is 45.0 Å². The van der Waals surface area contributed by atoms with Crippen molar-refractivity contribution < 1.29 is 42.0 Å². The van der Waals surface area contributed by atoms with Crippen LogP contribution in [0.4, 0.5) is 48.1 Å². The standard InChI is InChI=1S/C26H25FN6O2.C20H19ClFN5O.C12H18BNO3.C11H7ClFN3O2.C8H13N3/c1-32(2)21-6-4-5-19(29-21)12-13-20(34)25-26(28)31-23(16-7-10-18(27)11-8-16)24(30-25)17-9-14-22(35)33(3)15-17;1-27(2)16-5-3-4-14(24-16)10-11-15(28)18-20(23)26-17(19(21)25-18)12-6-8-13(22)9-7-12;1-11(2)12(3,4)17-13(16-11)9-6-7-10(15)14(5)8-9;12-9-7(5-1-3-6(13)4-2-5)16-10(14)8(15-9)11(17)18;1-11(2)8-5-3-4-7(6-9)10-8/h4-11,14-15H,12-13H2,1-3H3,(H2,28,31);3-9H,10-11H2,1-2H3,(H2,23,26);6-8H,1-5H3;1-4H,(H2,14,16)(H,17,18);3-5H,6,9H2,1-2H3. The molecule has 1 aliphatic heterocycles. The van der Waals surface area contributed by atoms with Crippen LogP contribution in [-0.4, -0.2) is 137 Å². The number of anilines is 6. The van der Waals surface area contributed by atoms with E-state index in [0.29, 0.717) is 58.7 Å². The lowest BCUT2D eigenvalue weighted by atomic mass is 9.80. The molecule has 1 saturated heterocycles. The lowest BCUT2D eigenvalue weighted by Gasteiger charge is -2.32. The molecule has 1 aliphatic rings. The van der Waals surface area contributed by atoms with Crippen LogP contribution >= 0.6 is 23.2 Å². The Bertz CT molecular complexity index is 5180. The molecule has 1 fully saturated rings. The summed E-state index contributed by atoms with van der Waals surface area (Å²) in [5.74, 6) is -0.729. The van der Waals surface area contributed by atoms with E-state index in [1.54, 1.807) is 50.8 Å². The number of aromatic carboxylic acids is 1. The normalized spacial score (nSPS) is 12.3. The average molecular weight is 1530 g/mol. The molecule has 0 bridgehead atoms. The lowest BCUT2D eigenvalue weighted by molar-refractivity contribution is 0.00578. The van der Waals surface area contributed by atoms with Gasteiger partial charge in [-0.1, -0.05) is 47.5 Å². The van der Waals surface area contributed by atoms with E-state index in [4.69, 9.17) is 60.6 Å². The van der Waals surface area contributed by atoms with Crippen molar-refractivity contribution >= 4 is 88.2 Å². The fraction of sp³-hybridized carbons (Fsp3) is 0.247. The number of nitrogen functional groups attached to an aromatic ring is 3. The number of benzene rings is 3.